The predicted octanol–water partition coefficient (Wildman–Crippen LogP) is 2.45. The van der Waals surface area contributed by atoms with Gasteiger partial charge in [-0.2, -0.15) is 5.26 Å². The zero-order valence-electron chi connectivity index (χ0n) is 14.3. The van der Waals surface area contributed by atoms with Gasteiger partial charge in [0.2, 0.25) is 5.91 Å². The summed E-state index contributed by atoms with van der Waals surface area (Å²) in [6.45, 7) is 0.899. The van der Waals surface area contributed by atoms with Crippen molar-refractivity contribution in [1.82, 2.24) is 4.90 Å². The highest BCUT2D eigenvalue weighted by Crippen LogP contribution is 2.23. The van der Waals surface area contributed by atoms with Gasteiger partial charge in [0.1, 0.15) is 18.4 Å². The maximum atomic E-state index is 12.6. The second kappa shape index (κ2) is 7.57. The molecule has 1 aliphatic rings. The third-order valence-corrected chi connectivity index (χ3v) is 4.14. The average molecular weight is 350 g/mol. The number of nitrogens with one attached hydrogen (secondary N) is 1. The molecular weight excluding hydrogens is 332 g/mol. The van der Waals surface area contributed by atoms with Crippen molar-refractivity contribution in [1.29, 1.82) is 5.26 Å². The molecule has 0 bridgehead atoms. The highest BCUT2D eigenvalue weighted by molar-refractivity contribution is 5.99. The van der Waals surface area contributed by atoms with Crippen LogP contribution >= 0.6 is 0 Å². The predicted molar refractivity (Wildman–Crippen MR) is 97.1 cm³/mol. The Morgan fingerprint density at radius 3 is 2.62 bits per heavy atom. The first kappa shape index (κ1) is 17.3. The minimum absolute atomic E-state index is 0.0642. The Hall–Kier alpha value is -3.53. The van der Waals surface area contributed by atoms with E-state index in [1.807, 2.05) is 18.2 Å². The third kappa shape index (κ3) is 3.59. The lowest BCUT2D eigenvalue weighted by Gasteiger charge is -2.18. The van der Waals surface area contributed by atoms with E-state index in [1.165, 1.54) is 4.90 Å². The number of para-hydroxylation sites is 1. The summed E-state index contributed by atoms with van der Waals surface area (Å²) in [5.74, 6) is 0.380. The zero-order chi connectivity index (χ0) is 18.5. The number of urea groups is 1. The van der Waals surface area contributed by atoms with E-state index in [0.29, 0.717) is 30.1 Å². The first-order valence-electron chi connectivity index (χ1n) is 8.12. The molecule has 0 saturated carbocycles. The van der Waals surface area contributed by atoms with Gasteiger partial charge in [-0.05, 0) is 36.4 Å². The van der Waals surface area contributed by atoms with Gasteiger partial charge in [0, 0.05) is 18.8 Å². The molecule has 1 aliphatic heterocycles. The molecular formula is C19H18N4O3. The van der Waals surface area contributed by atoms with Crippen molar-refractivity contribution in [2.24, 2.45) is 0 Å². The standard InChI is InChI=1S/C19H18N4O3/c1-26-16-8-6-15(7-9-16)23-11-10-22(19(23)25)13-18(24)21-17-5-3-2-4-14(17)12-20/h2-9H,10-11,13H2,1H3,(H,21,24). The number of amides is 3. The Morgan fingerprint density at radius 2 is 1.92 bits per heavy atom. The van der Waals surface area contributed by atoms with Crippen LogP contribution in [0.1, 0.15) is 5.56 Å². The molecule has 1 fully saturated rings. The summed E-state index contributed by atoms with van der Waals surface area (Å²) in [7, 11) is 1.58. The number of carbonyl (C=O) groups is 2. The van der Waals surface area contributed by atoms with Crippen LogP contribution in [0.25, 0.3) is 0 Å². The summed E-state index contributed by atoms with van der Waals surface area (Å²) in [4.78, 5) is 27.9. The fourth-order valence-electron chi connectivity index (χ4n) is 2.78. The fourth-order valence-corrected chi connectivity index (χ4v) is 2.78. The van der Waals surface area contributed by atoms with Crippen molar-refractivity contribution in [3.05, 3.63) is 54.1 Å². The van der Waals surface area contributed by atoms with E-state index in [2.05, 4.69) is 5.32 Å². The van der Waals surface area contributed by atoms with Gasteiger partial charge in [0.15, 0.2) is 0 Å². The number of anilines is 2. The Bertz CT molecular complexity index is 858. The van der Waals surface area contributed by atoms with Crippen LogP contribution in [0.5, 0.6) is 5.75 Å². The average Bonchev–Trinajstić information content (AvgIpc) is 3.02. The molecule has 7 heteroatoms. The molecule has 2 aromatic rings. The van der Waals surface area contributed by atoms with Crippen LogP contribution in [-0.4, -0.2) is 43.6 Å². The molecule has 0 aliphatic carbocycles. The van der Waals surface area contributed by atoms with Gasteiger partial charge in [-0.15, -0.1) is 0 Å². The lowest BCUT2D eigenvalue weighted by Crippen LogP contribution is -2.37. The van der Waals surface area contributed by atoms with Gasteiger partial charge in [-0.1, -0.05) is 12.1 Å². The normalized spacial score (nSPS) is 13.5. The van der Waals surface area contributed by atoms with Crippen molar-refractivity contribution in [3.63, 3.8) is 0 Å². The van der Waals surface area contributed by atoms with Crippen LogP contribution in [0.15, 0.2) is 48.5 Å². The lowest BCUT2D eigenvalue weighted by molar-refractivity contribution is -0.116. The Morgan fingerprint density at radius 1 is 1.19 bits per heavy atom. The first-order chi connectivity index (χ1) is 12.6. The van der Waals surface area contributed by atoms with Gasteiger partial charge >= 0.3 is 6.03 Å². The molecule has 1 heterocycles. The number of hydrogen-bond donors (Lipinski definition) is 1. The van der Waals surface area contributed by atoms with Crippen molar-refractivity contribution in [3.8, 4) is 11.8 Å². The summed E-state index contributed by atoms with van der Waals surface area (Å²) >= 11 is 0. The molecule has 7 nitrogen and oxygen atoms in total. The monoisotopic (exact) mass is 350 g/mol. The van der Waals surface area contributed by atoms with E-state index < -0.39 is 0 Å². The summed E-state index contributed by atoms with van der Waals surface area (Å²) in [5.41, 5.74) is 1.58. The van der Waals surface area contributed by atoms with Crippen molar-refractivity contribution >= 4 is 23.3 Å². The molecule has 0 aromatic heterocycles. The van der Waals surface area contributed by atoms with Crippen molar-refractivity contribution in [2.45, 2.75) is 0 Å². The number of carbonyl (C=O) groups excluding carboxylic acids is 2. The van der Waals surface area contributed by atoms with E-state index in [0.717, 1.165) is 5.69 Å². The largest absolute Gasteiger partial charge is 0.497 e. The maximum absolute atomic E-state index is 12.6. The summed E-state index contributed by atoms with van der Waals surface area (Å²) in [5, 5.41) is 11.8. The Balaban J connectivity index is 1.63. The van der Waals surface area contributed by atoms with Gasteiger partial charge in [0.05, 0.1) is 18.4 Å². The highest BCUT2D eigenvalue weighted by atomic mass is 16.5. The van der Waals surface area contributed by atoms with Crippen LogP contribution < -0.4 is 15.0 Å². The third-order valence-electron chi connectivity index (χ3n) is 4.14. The second-order valence-electron chi connectivity index (χ2n) is 5.76. The van der Waals surface area contributed by atoms with E-state index in [1.54, 1.807) is 48.4 Å². The zero-order valence-corrected chi connectivity index (χ0v) is 14.3. The van der Waals surface area contributed by atoms with E-state index in [9.17, 15) is 9.59 Å². The van der Waals surface area contributed by atoms with Crippen LogP contribution in [0.2, 0.25) is 0 Å². The minimum atomic E-state index is -0.336. The molecule has 0 unspecified atom stereocenters. The molecule has 2 aromatic carbocycles. The minimum Gasteiger partial charge on any atom is -0.497 e. The number of rotatable bonds is 5. The molecule has 0 spiro atoms. The smallest absolute Gasteiger partial charge is 0.325 e. The molecule has 26 heavy (non-hydrogen) atoms. The van der Waals surface area contributed by atoms with E-state index in [4.69, 9.17) is 10.00 Å². The maximum Gasteiger partial charge on any atom is 0.325 e. The van der Waals surface area contributed by atoms with Crippen LogP contribution in [0.3, 0.4) is 0 Å². The Kier molecular flexibility index (Phi) is 5.04. The number of hydrogen-bond acceptors (Lipinski definition) is 4. The molecule has 3 rings (SSSR count). The van der Waals surface area contributed by atoms with Crippen LogP contribution in [-0.2, 0) is 4.79 Å². The van der Waals surface area contributed by atoms with E-state index >= 15 is 0 Å². The molecule has 3 amide bonds. The topological polar surface area (TPSA) is 85.7 Å². The summed E-state index contributed by atoms with van der Waals surface area (Å²) in [6.07, 6.45) is 0. The van der Waals surface area contributed by atoms with E-state index in [-0.39, 0.29) is 18.5 Å². The molecule has 0 radical (unpaired) electrons. The van der Waals surface area contributed by atoms with Gasteiger partial charge < -0.3 is 15.0 Å². The quantitative estimate of drug-likeness (QED) is 0.897. The summed E-state index contributed by atoms with van der Waals surface area (Å²) in [6, 6.07) is 15.8. The highest BCUT2D eigenvalue weighted by Gasteiger charge is 2.30. The van der Waals surface area contributed by atoms with Gasteiger partial charge in [-0.3, -0.25) is 9.69 Å². The SMILES string of the molecule is COc1ccc(N2CCN(CC(=O)Nc3ccccc3C#N)C2=O)cc1. The van der Waals surface area contributed by atoms with Gasteiger partial charge in [-0.25, -0.2) is 4.79 Å². The van der Waals surface area contributed by atoms with Crippen molar-refractivity contribution < 1.29 is 14.3 Å². The molecule has 0 atom stereocenters. The van der Waals surface area contributed by atoms with Crippen molar-refractivity contribution in [2.75, 3.05) is 37.0 Å². The number of nitriles is 1. The van der Waals surface area contributed by atoms with Gasteiger partial charge in [0.25, 0.3) is 0 Å². The lowest BCUT2D eigenvalue weighted by atomic mass is 10.2. The summed E-state index contributed by atoms with van der Waals surface area (Å²) < 4.78 is 5.12. The Labute approximate surface area is 151 Å². The van der Waals surface area contributed by atoms with Crippen LogP contribution in [0, 0.1) is 11.3 Å². The fraction of sp³-hybridized carbons (Fsp3) is 0.211. The number of methoxy groups -OCH3 is 1. The van der Waals surface area contributed by atoms with Crippen LogP contribution in [0.4, 0.5) is 16.2 Å². The number of benzene rings is 2. The first-order valence-corrected chi connectivity index (χ1v) is 8.12. The number of nitrogens with zero attached hydrogens (tertiary/aromatic N) is 3. The second-order valence-corrected chi connectivity index (χ2v) is 5.76. The number of ether oxygens (including phenoxy) is 1. The molecule has 132 valence electrons. The molecule has 1 saturated heterocycles. The molecule has 1 N–H and O–H groups in total.